The van der Waals surface area contributed by atoms with Gasteiger partial charge in [0.25, 0.3) is 5.91 Å². The molecule has 0 aromatic carbocycles. The summed E-state index contributed by atoms with van der Waals surface area (Å²) in [7, 11) is 0. The Kier molecular flexibility index (Phi) is 3.94. The van der Waals surface area contributed by atoms with Crippen molar-refractivity contribution in [2.75, 3.05) is 13.1 Å². The van der Waals surface area contributed by atoms with Crippen LogP contribution in [-0.4, -0.2) is 40.0 Å². The molecule has 0 radical (unpaired) electrons. The molecule has 0 spiro atoms. The zero-order valence-corrected chi connectivity index (χ0v) is 10.7. The van der Waals surface area contributed by atoms with E-state index >= 15 is 0 Å². The summed E-state index contributed by atoms with van der Waals surface area (Å²) in [5.74, 6) is -0.528. The summed E-state index contributed by atoms with van der Waals surface area (Å²) in [5, 5.41) is 8.57. The van der Waals surface area contributed by atoms with E-state index in [-0.39, 0.29) is 5.91 Å². The standard InChI is InChI=1S/C14H16N2O3/c1-10-4-5-16(9-10)14(19)12-6-11(7-15-8-12)2-3-13(17)18/h2-3,6-8,10H,4-5,9H2,1H3,(H,17,18)/b3-2+. The van der Waals surface area contributed by atoms with Gasteiger partial charge in [-0.2, -0.15) is 0 Å². The number of hydrogen-bond donors (Lipinski definition) is 1. The number of hydrogen-bond acceptors (Lipinski definition) is 3. The number of carbonyl (C=O) groups excluding carboxylic acids is 1. The van der Waals surface area contributed by atoms with Crippen LogP contribution in [-0.2, 0) is 4.79 Å². The average Bonchev–Trinajstić information content (AvgIpc) is 2.82. The zero-order chi connectivity index (χ0) is 13.8. The summed E-state index contributed by atoms with van der Waals surface area (Å²) >= 11 is 0. The van der Waals surface area contributed by atoms with Crippen LogP contribution in [0.3, 0.4) is 0 Å². The van der Waals surface area contributed by atoms with E-state index in [1.54, 1.807) is 6.07 Å². The molecule has 1 atom stereocenters. The molecule has 2 rings (SSSR count). The molecule has 1 fully saturated rings. The Labute approximate surface area is 111 Å². The highest BCUT2D eigenvalue weighted by molar-refractivity contribution is 5.95. The fraction of sp³-hybridized carbons (Fsp3) is 0.357. The predicted molar refractivity (Wildman–Crippen MR) is 70.6 cm³/mol. The van der Waals surface area contributed by atoms with E-state index in [1.807, 2.05) is 4.90 Å². The first-order chi connectivity index (χ1) is 9.06. The van der Waals surface area contributed by atoms with Crippen molar-refractivity contribution in [3.8, 4) is 0 Å². The molecule has 0 aliphatic carbocycles. The fourth-order valence-electron chi connectivity index (χ4n) is 2.14. The lowest BCUT2D eigenvalue weighted by molar-refractivity contribution is -0.131. The molecule has 1 aliphatic rings. The first kappa shape index (κ1) is 13.3. The molecular weight excluding hydrogens is 244 g/mol. The number of aliphatic carboxylic acids is 1. The van der Waals surface area contributed by atoms with Crippen molar-refractivity contribution < 1.29 is 14.7 Å². The minimum absolute atomic E-state index is 0.0394. The summed E-state index contributed by atoms with van der Waals surface area (Å²) < 4.78 is 0. The zero-order valence-electron chi connectivity index (χ0n) is 10.7. The first-order valence-corrected chi connectivity index (χ1v) is 6.21. The third-order valence-corrected chi connectivity index (χ3v) is 3.14. The van der Waals surface area contributed by atoms with Gasteiger partial charge in [-0.05, 0) is 30.0 Å². The molecule has 5 nitrogen and oxygen atoms in total. The molecule has 2 heterocycles. The second kappa shape index (κ2) is 5.65. The van der Waals surface area contributed by atoms with E-state index in [9.17, 15) is 9.59 Å². The van der Waals surface area contributed by atoms with Gasteiger partial charge in [0.05, 0.1) is 5.56 Å². The van der Waals surface area contributed by atoms with Gasteiger partial charge in [-0.15, -0.1) is 0 Å². The highest BCUT2D eigenvalue weighted by atomic mass is 16.4. The van der Waals surface area contributed by atoms with E-state index < -0.39 is 5.97 Å². The molecule has 0 saturated carbocycles. The van der Waals surface area contributed by atoms with Gasteiger partial charge in [-0.1, -0.05) is 6.92 Å². The van der Waals surface area contributed by atoms with Crippen LogP contribution >= 0.6 is 0 Å². The van der Waals surface area contributed by atoms with Crippen molar-refractivity contribution in [1.82, 2.24) is 9.88 Å². The Bertz CT molecular complexity index is 525. The maximum absolute atomic E-state index is 12.2. The number of rotatable bonds is 3. The Morgan fingerprint density at radius 1 is 1.47 bits per heavy atom. The Morgan fingerprint density at radius 2 is 2.26 bits per heavy atom. The molecule has 1 amide bonds. The summed E-state index contributed by atoms with van der Waals surface area (Å²) in [5.41, 5.74) is 1.11. The summed E-state index contributed by atoms with van der Waals surface area (Å²) in [6.45, 7) is 3.67. The van der Waals surface area contributed by atoms with Gasteiger partial charge in [0, 0.05) is 31.6 Å². The molecule has 1 N–H and O–H groups in total. The minimum Gasteiger partial charge on any atom is -0.478 e. The van der Waals surface area contributed by atoms with Crippen LogP contribution in [0.15, 0.2) is 24.5 Å². The van der Waals surface area contributed by atoms with Gasteiger partial charge < -0.3 is 10.0 Å². The number of nitrogens with zero attached hydrogens (tertiary/aromatic N) is 2. The van der Waals surface area contributed by atoms with Crippen LogP contribution < -0.4 is 0 Å². The molecule has 1 aromatic heterocycles. The lowest BCUT2D eigenvalue weighted by atomic mass is 10.1. The second-order valence-electron chi connectivity index (χ2n) is 4.82. The molecule has 1 aromatic rings. The highest BCUT2D eigenvalue weighted by Gasteiger charge is 2.24. The van der Waals surface area contributed by atoms with Crippen molar-refractivity contribution in [1.29, 1.82) is 0 Å². The van der Waals surface area contributed by atoms with Gasteiger partial charge in [0.1, 0.15) is 0 Å². The Hall–Kier alpha value is -2.17. The van der Waals surface area contributed by atoms with Crippen molar-refractivity contribution in [2.24, 2.45) is 5.92 Å². The quantitative estimate of drug-likeness (QED) is 0.839. The topological polar surface area (TPSA) is 70.5 Å². The first-order valence-electron chi connectivity index (χ1n) is 6.21. The van der Waals surface area contributed by atoms with E-state index in [2.05, 4.69) is 11.9 Å². The average molecular weight is 260 g/mol. The number of likely N-dealkylation sites (tertiary alicyclic amines) is 1. The van der Waals surface area contributed by atoms with E-state index in [0.717, 1.165) is 25.6 Å². The molecule has 100 valence electrons. The third-order valence-electron chi connectivity index (χ3n) is 3.14. The Morgan fingerprint density at radius 3 is 2.89 bits per heavy atom. The number of pyridine rings is 1. The van der Waals surface area contributed by atoms with Gasteiger partial charge >= 0.3 is 5.97 Å². The summed E-state index contributed by atoms with van der Waals surface area (Å²) in [6.07, 6.45) is 6.53. The summed E-state index contributed by atoms with van der Waals surface area (Å²) in [6, 6.07) is 1.66. The van der Waals surface area contributed by atoms with E-state index in [0.29, 0.717) is 17.0 Å². The molecule has 0 bridgehead atoms. The van der Waals surface area contributed by atoms with Crippen LogP contribution in [0.4, 0.5) is 0 Å². The largest absolute Gasteiger partial charge is 0.478 e. The summed E-state index contributed by atoms with van der Waals surface area (Å²) in [4.78, 5) is 28.5. The molecule has 1 saturated heterocycles. The van der Waals surface area contributed by atoms with Crippen molar-refractivity contribution in [2.45, 2.75) is 13.3 Å². The number of aromatic nitrogens is 1. The molecule has 1 unspecified atom stereocenters. The fourth-order valence-corrected chi connectivity index (χ4v) is 2.14. The number of carboxylic acids is 1. The van der Waals surface area contributed by atoms with E-state index in [1.165, 1.54) is 18.5 Å². The molecule has 5 heteroatoms. The molecule has 1 aliphatic heterocycles. The predicted octanol–water partition coefficient (Wildman–Crippen LogP) is 1.66. The SMILES string of the molecule is CC1CCN(C(=O)c2cncc(/C=C/C(=O)O)c2)C1. The highest BCUT2D eigenvalue weighted by Crippen LogP contribution is 2.18. The smallest absolute Gasteiger partial charge is 0.328 e. The van der Waals surface area contributed by atoms with Crippen molar-refractivity contribution in [3.05, 3.63) is 35.7 Å². The van der Waals surface area contributed by atoms with Crippen LogP contribution in [0, 0.1) is 5.92 Å². The van der Waals surface area contributed by atoms with Crippen LogP contribution in [0.25, 0.3) is 6.08 Å². The lowest BCUT2D eigenvalue weighted by Gasteiger charge is -2.15. The maximum Gasteiger partial charge on any atom is 0.328 e. The normalized spacial score (nSPS) is 19.0. The van der Waals surface area contributed by atoms with Crippen LogP contribution in [0.5, 0.6) is 0 Å². The molecule has 19 heavy (non-hydrogen) atoms. The van der Waals surface area contributed by atoms with Gasteiger partial charge in [-0.3, -0.25) is 9.78 Å². The number of amides is 1. The third kappa shape index (κ3) is 3.40. The second-order valence-corrected chi connectivity index (χ2v) is 4.82. The van der Waals surface area contributed by atoms with Crippen molar-refractivity contribution >= 4 is 18.0 Å². The Balaban J connectivity index is 2.14. The van der Waals surface area contributed by atoms with Crippen LogP contribution in [0.1, 0.15) is 29.3 Å². The van der Waals surface area contributed by atoms with Gasteiger partial charge in [-0.25, -0.2) is 4.79 Å². The lowest BCUT2D eigenvalue weighted by Crippen LogP contribution is -2.28. The minimum atomic E-state index is -1.02. The van der Waals surface area contributed by atoms with E-state index in [4.69, 9.17) is 5.11 Å². The monoisotopic (exact) mass is 260 g/mol. The van der Waals surface area contributed by atoms with Crippen molar-refractivity contribution in [3.63, 3.8) is 0 Å². The number of carboxylic acid groups (broad SMARTS) is 1. The number of carbonyl (C=O) groups is 2. The molecular formula is C14H16N2O3. The van der Waals surface area contributed by atoms with Gasteiger partial charge in [0.15, 0.2) is 0 Å². The maximum atomic E-state index is 12.2. The van der Waals surface area contributed by atoms with Gasteiger partial charge in [0.2, 0.25) is 0 Å². The van der Waals surface area contributed by atoms with Crippen LogP contribution in [0.2, 0.25) is 0 Å².